The van der Waals surface area contributed by atoms with Crippen molar-refractivity contribution in [2.24, 2.45) is 0 Å². The van der Waals surface area contributed by atoms with E-state index >= 15 is 0 Å². The van der Waals surface area contributed by atoms with Crippen molar-refractivity contribution < 1.29 is 22.7 Å². The first-order valence-corrected chi connectivity index (χ1v) is 11.8. The lowest BCUT2D eigenvalue weighted by Crippen LogP contribution is -2.46. The molecule has 2 aliphatic rings. The van der Waals surface area contributed by atoms with Crippen molar-refractivity contribution in [1.29, 1.82) is 0 Å². The molecule has 0 saturated carbocycles. The van der Waals surface area contributed by atoms with Gasteiger partial charge in [-0.1, -0.05) is 0 Å². The van der Waals surface area contributed by atoms with E-state index in [1.165, 1.54) is 9.78 Å². The van der Waals surface area contributed by atoms with Crippen LogP contribution in [-0.4, -0.2) is 55.4 Å². The highest BCUT2D eigenvalue weighted by Crippen LogP contribution is 2.31. The van der Waals surface area contributed by atoms with Crippen LogP contribution in [0.5, 0.6) is 0 Å². The van der Waals surface area contributed by atoms with Gasteiger partial charge in [0.15, 0.2) is 15.9 Å². The third-order valence-corrected chi connectivity index (χ3v) is 8.02. The summed E-state index contributed by atoms with van der Waals surface area (Å²) in [7, 11) is -3.08. The lowest BCUT2D eigenvalue weighted by molar-refractivity contribution is -0.141. The molecule has 1 aliphatic carbocycles. The number of rotatable bonds is 5. The van der Waals surface area contributed by atoms with Gasteiger partial charge in [0.25, 0.3) is 5.91 Å². The second-order valence-corrected chi connectivity index (χ2v) is 10.2. The Balaban J connectivity index is 1.66. The Morgan fingerprint density at radius 2 is 2.08 bits per heavy atom. The molecule has 0 spiro atoms. The Bertz CT molecular complexity index is 799. The van der Waals surface area contributed by atoms with Gasteiger partial charge in [-0.25, -0.2) is 13.2 Å². The second-order valence-electron chi connectivity index (χ2n) is 6.99. The summed E-state index contributed by atoms with van der Waals surface area (Å²) in [5, 5.41) is 1.83. The first-order chi connectivity index (χ1) is 12.3. The van der Waals surface area contributed by atoms with E-state index in [2.05, 4.69) is 0 Å². The number of thiophene rings is 1. The maximum absolute atomic E-state index is 12.7. The molecule has 144 valence electrons. The average molecular weight is 400 g/mol. The summed E-state index contributed by atoms with van der Waals surface area (Å²) in [6, 6.07) is -0.326. The van der Waals surface area contributed by atoms with Crippen LogP contribution < -0.4 is 0 Å². The molecular weight excluding hydrogens is 374 g/mol. The molecule has 1 aromatic heterocycles. The summed E-state index contributed by atoms with van der Waals surface area (Å²) < 4.78 is 28.8. The van der Waals surface area contributed by atoms with E-state index in [9.17, 15) is 18.0 Å². The Morgan fingerprint density at radius 1 is 1.35 bits per heavy atom. The van der Waals surface area contributed by atoms with Gasteiger partial charge in [0.2, 0.25) is 0 Å². The van der Waals surface area contributed by atoms with Gasteiger partial charge in [0, 0.05) is 22.8 Å². The number of fused-ring (bicyclic) bond motifs is 1. The summed E-state index contributed by atoms with van der Waals surface area (Å²) in [4.78, 5) is 28.0. The zero-order chi connectivity index (χ0) is 18.9. The minimum absolute atomic E-state index is 0.00865. The number of nitrogens with zero attached hydrogens (tertiary/aromatic N) is 1. The topological polar surface area (TPSA) is 80.8 Å². The van der Waals surface area contributed by atoms with Gasteiger partial charge in [-0.2, -0.15) is 0 Å². The fraction of sp³-hybridized carbons (Fsp3) is 0.667. The van der Waals surface area contributed by atoms with Gasteiger partial charge in [-0.05, 0) is 51.5 Å². The van der Waals surface area contributed by atoms with Crippen LogP contribution in [0.3, 0.4) is 0 Å². The molecule has 1 aromatic rings. The zero-order valence-electron chi connectivity index (χ0n) is 15.2. The number of carbonyl (C=O) groups is 2. The van der Waals surface area contributed by atoms with Crippen LogP contribution in [-0.2, 0) is 32.2 Å². The van der Waals surface area contributed by atoms with E-state index in [0.717, 1.165) is 31.2 Å². The number of aryl methyl sites for hydroxylation is 1. The van der Waals surface area contributed by atoms with Crippen LogP contribution in [0.1, 0.15) is 53.9 Å². The number of amides is 1. The summed E-state index contributed by atoms with van der Waals surface area (Å²) in [5.74, 6) is -0.686. The monoisotopic (exact) mass is 399 g/mol. The molecule has 0 aromatic carbocycles. The van der Waals surface area contributed by atoms with Crippen molar-refractivity contribution in [1.82, 2.24) is 4.90 Å². The highest BCUT2D eigenvalue weighted by atomic mass is 32.2. The SMILES string of the molecule is CCN(C(=O)[C@@H](C)OC(=O)c1csc2c1CCCC2)[C@H]1CCS(=O)(=O)C1. The van der Waals surface area contributed by atoms with Crippen LogP contribution in [0.4, 0.5) is 0 Å². The van der Waals surface area contributed by atoms with E-state index < -0.39 is 21.9 Å². The van der Waals surface area contributed by atoms with E-state index in [0.29, 0.717) is 18.5 Å². The normalized spacial score (nSPS) is 22.5. The van der Waals surface area contributed by atoms with E-state index in [1.807, 2.05) is 12.3 Å². The maximum Gasteiger partial charge on any atom is 0.340 e. The van der Waals surface area contributed by atoms with Gasteiger partial charge >= 0.3 is 5.97 Å². The highest BCUT2D eigenvalue weighted by molar-refractivity contribution is 7.91. The molecule has 8 heteroatoms. The van der Waals surface area contributed by atoms with E-state index in [-0.39, 0.29) is 23.5 Å². The zero-order valence-corrected chi connectivity index (χ0v) is 16.8. The molecule has 0 radical (unpaired) electrons. The molecule has 1 amide bonds. The van der Waals surface area contributed by atoms with Crippen molar-refractivity contribution in [3.8, 4) is 0 Å². The number of esters is 1. The Morgan fingerprint density at radius 3 is 2.73 bits per heavy atom. The second kappa shape index (κ2) is 7.68. The Hall–Kier alpha value is -1.41. The predicted octanol–water partition coefficient (Wildman–Crippen LogP) is 2.21. The third kappa shape index (κ3) is 3.96. The molecule has 1 saturated heterocycles. The lowest BCUT2D eigenvalue weighted by atomic mass is 9.96. The third-order valence-electron chi connectivity index (χ3n) is 5.19. The predicted molar refractivity (Wildman–Crippen MR) is 100 cm³/mol. The Labute approximate surface area is 158 Å². The van der Waals surface area contributed by atoms with Crippen LogP contribution in [0.2, 0.25) is 0 Å². The van der Waals surface area contributed by atoms with Gasteiger partial charge in [0.05, 0.1) is 17.1 Å². The van der Waals surface area contributed by atoms with Gasteiger partial charge in [-0.3, -0.25) is 4.79 Å². The van der Waals surface area contributed by atoms with Gasteiger partial charge in [0.1, 0.15) is 0 Å². The number of likely N-dealkylation sites (N-methyl/N-ethyl adjacent to an activating group) is 1. The van der Waals surface area contributed by atoms with Crippen molar-refractivity contribution in [2.45, 2.75) is 58.1 Å². The van der Waals surface area contributed by atoms with Crippen molar-refractivity contribution in [3.05, 3.63) is 21.4 Å². The lowest BCUT2D eigenvalue weighted by Gasteiger charge is -2.29. The number of hydrogen-bond donors (Lipinski definition) is 0. The molecule has 0 unspecified atom stereocenters. The number of hydrogen-bond acceptors (Lipinski definition) is 6. The molecule has 1 aliphatic heterocycles. The molecule has 2 atom stereocenters. The van der Waals surface area contributed by atoms with E-state index in [4.69, 9.17) is 4.74 Å². The number of sulfone groups is 1. The average Bonchev–Trinajstić information content (AvgIpc) is 3.18. The first-order valence-electron chi connectivity index (χ1n) is 9.13. The van der Waals surface area contributed by atoms with Crippen LogP contribution in [0.25, 0.3) is 0 Å². The molecule has 0 N–H and O–H groups in total. The quantitative estimate of drug-likeness (QED) is 0.709. The number of ether oxygens (including phenoxy) is 1. The fourth-order valence-corrected chi connectivity index (χ4v) is 6.63. The molecule has 0 bridgehead atoms. The molecule has 3 rings (SSSR count). The Kier molecular flexibility index (Phi) is 5.72. The maximum atomic E-state index is 12.7. The molecule has 1 fully saturated rings. The standard InChI is InChI=1S/C18H25NO5S2/c1-3-19(13-8-9-26(22,23)11-13)17(20)12(2)24-18(21)15-10-25-16-7-5-4-6-14(15)16/h10,12-13H,3-9,11H2,1-2H3/t12-,13+/m1/s1. The molecular formula is C18H25NO5S2. The summed E-state index contributed by atoms with van der Waals surface area (Å²) in [5.41, 5.74) is 1.65. The fourth-order valence-electron chi connectivity index (χ4n) is 3.79. The first kappa shape index (κ1) is 19.4. The molecule has 26 heavy (non-hydrogen) atoms. The molecule has 2 heterocycles. The minimum Gasteiger partial charge on any atom is -0.449 e. The summed E-state index contributed by atoms with van der Waals surface area (Å²) in [6.07, 6.45) is 3.62. The summed E-state index contributed by atoms with van der Waals surface area (Å²) >= 11 is 1.58. The van der Waals surface area contributed by atoms with Crippen LogP contribution >= 0.6 is 11.3 Å². The van der Waals surface area contributed by atoms with Gasteiger partial charge < -0.3 is 9.64 Å². The van der Waals surface area contributed by atoms with Crippen molar-refractivity contribution in [2.75, 3.05) is 18.1 Å². The number of carbonyl (C=O) groups excluding carboxylic acids is 2. The van der Waals surface area contributed by atoms with Crippen molar-refractivity contribution >= 4 is 33.1 Å². The largest absolute Gasteiger partial charge is 0.449 e. The summed E-state index contributed by atoms with van der Waals surface area (Å²) in [6.45, 7) is 3.77. The highest BCUT2D eigenvalue weighted by Gasteiger charge is 2.36. The molecule has 6 nitrogen and oxygen atoms in total. The smallest absolute Gasteiger partial charge is 0.340 e. The van der Waals surface area contributed by atoms with Crippen LogP contribution in [0.15, 0.2) is 5.38 Å². The van der Waals surface area contributed by atoms with Crippen LogP contribution in [0, 0.1) is 0 Å². The van der Waals surface area contributed by atoms with Crippen molar-refractivity contribution in [3.63, 3.8) is 0 Å². The van der Waals surface area contributed by atoms with E-state index in [1.54, 1.807) is 18.3 Å². The van der Waals surface area contributed by atoms with Gasteiger partial charge in [-0.15, -0.1) is 11.3 Å². The minimum atomic E-state index is -3.08.